The van der Waals surface area contributed by atoms with Crippen molar-refractivity contribution in [3.63, 3.8) is 0 Å². The first-order valence-corrected chi connectivity index (χ1v) is 4.69. The minimum atomic E-state index is -0.477. The Morgan fingerprint density at radius 2 is 2.07 bits per heavy atom. The summed E-state index contributed by atoms with van der Waals surface area (Å²) < 4.78 is 5.43. The topological polar surface area (TPSA) is 55.5 Å². The Morgan fingerprint density at radius 3 is 2.64 bits per heavy atom. The van der Waals surface area contributed by atoms with E-state index in [9.17, 15) is 0 Å². The summed E-state index contributed by atoms with van der Waals surface area (Å²) in [4.78, 5) is 0. The molecule has 0 spiro atoms. The molecule has 0 heterocycles. The maximum atomic E-state index is 9.10. The Morgan fingerprint density at radius 1 is 1.43 bits per heavy atom. The Bertz CT molecular complexity index is 321. The van der Waals surface area contributed by atoms with Crippen molar-refractivity contribution in [2.75, 3.05) is 12.3 Å². The van der Waals surface area contributed by atoms with Gasteiger partial charge in [0.2, 0.25) is 0 Å². The molecule has 0 aromatic heterocycles. The molecular formula is C11H17NO2. The highest BCUT2D eigenvalue weighted by Gasteiger charge is 2.07. The van der Waals surface area contributed by atoms with Crippen molar-refractivity contribution in [3.8, 4) is 5.75 Å². The molecule has 0 fully saturated rings. The number of hydrogen-bond acceptors (Lipinski definition) is 3. The lowest BCUT2D eigenvalue weighted by molar-refractivity contribution is 0.123. The molecule has 1 atom stereocenters. The van der Waals surface area contributed by atoms with E-state index >= 15 is 0 Å². The summed E-state index contributed by atoms with van der Waals surface area (Å²) in [6.07, 6.45) is -0.477. The maximum absolute atomic E-state index is 9.10. The van der Waals surface area contributed by atoms with Crippen molar-refractivity contribution in [2.45, 2.75) is 26.9 Å². The summed E-state index contributed by atoms with van der Waals surface area (Å²) in [6, 6.07) is 3.78. The molecule has 0 aliphatic carbocycles. The van der Waals surface area contributed by atoms with Crippen molar-refractivity contribution in [1.82, 2.24) is 0 Å². The van der Waals surface area contributed by atoms with Crippen LogP contribution in [0.25, 0.3) is 0 Å². The smallest absolute Gasteiger partial charge is 0.145 e. The lowest BCUT2D eigenvalue weighted by Crippen LogP contribution is -2.14. The second-order valence-electron chi connectivity index (χ2n) is 3.59. The summed E-state index contributed by atoms with van der Waals surface area (Å²) in [7, 11) is 0. The highest BCUT2D eigenvalue weighted by atomic mass is 16.5. The monoisotopic (exact) mass is 195 g/mol. The van der Waals surface area contributed by atoms with E-state index in [1.165, 1.54) is 0 Å². The van der Waals surface area contributed by atoms with Gasteiger partial charge in [0.25, 0.3) is 0 Å². The summed E-state index contributed by atoms with van der Waals surface area (Å²) in [6.45, 7) is 5.92. The first kappa shape index (κ1) is 10.9. The molecule has 0 amide bonds. The van der Waals surface area contributed by atoms with Crippen molar-refractivity contribution in [1.29, 1.82) is 0 Å². The Balaban J connectivity index is 2.89. The molecule has 1 aromatic rings. The summed E-state index contributed by atoms with van der Waals surface area (Å²) in [5.41, 5.74) is 8.56. The zero-order valence-corrected chi connectivity index (χ0v) is 8.87. The van der Waals surface area contributed by atoms with Crippen LogP contribution in [0.3, 0.4) is 0 Å². The molecule has 0 radical (unpaired) electrons. The van der Waals surface area contributed by atoms with E-state index in [0.29, 0.717) is 11.4 Å². The van der Waals surface area contributed by atoms with Crippen LogP contribution in [0.15, 0.2) is 12.1 Å². The molecule has 0 bridgehead atoms. The van der Waals surface area contributed by atoms with Crippen molar-refractivity contribution >= 4 is 5.69 Å². The van der Waals surface area contributed by atoms with Crippen molar-refractivity contribution < 1.29 is 9.84 Å². The highest BCUT2D eigenvalue weighted by molar-refractivity contribution is 5.58. The van der Waals surface area contributed by atoms with Gasteiger partial charge in [-0.3, -0.25) is 0 Å². The van der Waals surface area contributed by atoms with Gasteiger partial charge in [0.05, 0.1) is 11.8 Å². The average Bonchev–Trinajstić information content (AvgIpc) is 2.11. The van der Waals surface area contributed by atoms with Crippen molar-refractivity contribution in [2.24, 2.45) is 0 Å². The average molecular weight is 195 g/mol. The van der Waals surface area contributed by atoms with Gasteiger partial charge in [0.15, 0.2) is 0 Å². The molecular weight excluding hydrogens is 178 g/mol. The molecule has 14 heavy (non-hydrogen) atoms. The molecule has 0 saturated heterocycles. The lowest BCUT2D eigenvalue weighted by atomic mass is 10.1. The van der Waals surface area contributed by atoms with Gasteiger partial charge < -0.3 is 15.6 Å². The second-order valence-corrected chi connectivity index (χ2v) is 3.59. The van der Waals surface area contributed by atoms with Crippen LogP contribution < -0.4 is 10.5 Å². The van der Waals surface area contributed by atoms with Gasteiger partial charge >= 0.3 is 0 Å². The van der Waals surface area contributed by atoms with Gasteiger partial charge in [0.1, 0.15) is 12.4 Å². The van der Waals surface area contributed by atoms with Gasteiger partial charge in [-0.2, -0.15) is 0 Å². The zero-order chi connectivity index (χ0) is 10.7. The quantitative estimate of drug-likeness (QED) is 0.721. The van der Waals surface area contributed by atoms with Crippen LogP contribution in [0.2, 0.25) is 0 Å². The van der Waals surface area contributed by atoms with Crippen LogP contribution in [0.4, 0.5) is 5.69 Å². The van der Waals surface area contributed by atoms with E-state index in [4.69, 9.17) is 15.6 Å². The van der Waals surface area contributed by atoms with Crippen molar-refractivity contribution in [3.05, 3.63) is 23.3 Å². The molecule has 1 rings (SSSR count). The predicted molar refractivity (Wildman–Crippen MR) is 57.5 cm³/mol. The largest absolute Gasteiger partial charge is 0.488 e. The van der Waals surface area contributed by atoms with Gasteiger partial charge in [0, 0.05) is 0 Å². The van der Waals surface area contributed by atoms with Gasteiger partial charge in [-0.1, -0.05) is 6.07 Å². The Kier molecular flexibility index (Phi) is 3.36. The number of hydrogen-bond donors (Lipinski definition) is 2. The normalized spacial score (nSPS) is 12.6. The zero-order valence-electron chi connectivity index (χ0n) is 8.87. The first-order valence-electron chi connectivity index (χ1n) is 4.69. The SMILES string of the molecule is Cc1ccc(N)c(OC[C@@H](C)O)c1C. The molecule has 0 saturated carbocycles. The van der Waals surface area contributed by atoms with Gasteiger partial charge in [-0.15, -0.1) is 0 Å². The maximum Gasteiger partial charge on any atom is 0.145 e. The van der Waals surface area contributed by atoms with Crippen LogP contribution in [0.5, 0.6) is 5.75 Å². The number of benzene rings is 1. The number of nitrogens with two attached hydrogens (primary N) is 1. The van der Waals surface area contributed by atoms with Crippen LogP contribution in [-0.2, 0) is 0 Å². The fourth-order valence-corrected chi connectivity index (χ4v) is 1.21. The van der Waals surface area contributed by atoms with E-state index in [-0.39, 0.29) is 6.61 Å². The number of anilines is 1. The molecule has 3 heteroatoms. The molecule has 1 aromatic carbocycles. The fraction of sp³-hybridized carbons (Fsp3) is 0.455. The first-order chi connectivity index (χ1) is 6.52. The minimum absolute atomic E-state index is 0.272. The van der Waals surface area contributed by atoms with Crippen LogP contribution >= 0.6 is 0 Å². The van der Waals surface area contributed by atoms with Crippen LogP contribution in [0.1, 0.15) is 18.1 Å². The molecule has 0 unspecified atom stereocenters. The second kappa shape index (κ2) is 4.33. The third-order valence-electron chi connectivity index (χ3n) is 2.18. The summed E-state index contributed by atoms with van der Waals surface area (Å²) >= 11 is 0. The van der Waals surface area contributed by atoms with E-state index < -0.39 is 6.10 Å². The summed E-state index contributed by atoms with van der Waals surface area (Å²) in [5, 5.41) is 9.10. The van der Waals surface area contributed by atoms with Crippen LogP contribution in [0, 0.1) is 13.8 Å². The van der Waals surface area contributed by atoms with E-state index in [1.807, 2.05) is 26.0 Å². The highest BCUT2D eigenvalue weighted by Crippen LogP contribution is 2.28. The number of ether oxygens (including phenoxy) is 1. The Hall–Kier alpha value is -1.22. The third kappa shape index (κ3) is 2.39. The Labute approximate surface area is 84.5 Å². The van der Waals surface area contributed by atoms with E-state index in [1.54, 1.807) is 6.92 Å². The number of aliphatic hydroxyl groups excluding tert-OH is 1. The molecule has 0 aliphatic rings. The molecule has 78 valence electrons. The number of nitrogen functional groups attached to an aromatic ring is 1. The summed E-state index contributed by atoms with van der Waals surface area (Å²) in [5.74, 6) is 0.686. The molecule has 3 nitrogen and oxygen atoms in total. The van der Waals surface area contributed by atoms with Crippen LogP contribution in [-0.4, -0.2) is 17.8 Å². The number of aryl methyl sites for hydroxylation is 1. The molecule has 0 aliphatic heterocycles. The standard InChI is InChI=1S/C11H17NO2/c1-7-4-5-10(12)11(9(7)3)14-6-8(2)13/h4-5,8,13H,6,12H2,1-3H3/t8-/m1/s1. The fourth-order valence-electron chi connectivity index (χ4n) is 1.21. The van der Waals surface area contributed by atoms with Gasteiger partial charge in [-0.05, 0) is 38.0 Å². The lowest BCUT2D eigenvalue weighted by Gasteiger charge is -2.14. The third-order valence-corrected chi connectivity index (χ3v) is 2.18. The van der Waals surface area contributed by atoms with E-state index in [0.717, 1.165) is 11.1 Å². The minimum Gasteiger partial charge on any atom is -0.488 e. The molecule has 3 N–H and O–H groups in total. The number of aliphatic hydroxyl groups is 1. The van der Waals surface area contributed by atoms with E-state index in [2.05, 4.69) is 0 Å². The number of rotatable bonds is 3. The van der Waals surface area contributed by atoms with Gasteiger partial charge in [-0.25, -0.2) is 0 Å². The predicted octanol–water partition coefficient (Wildman–Crippen LogP) is 1.65.